The van der Waals surface area contributed by atoms with Gasteiger partial charge < -0.3 is 5.32 Å². The number of aryl methyl sites for hydroxylation is 1. The summed E-state index contributed by atoms with van der Waals surface area (Å²) in [5.41, 5.74) is 1.88. The number of nitrogens with zero attached hydrogens (tertiary/aromatic N) is 2. The second kappa shape index (κ2) is 5.18. The average Bonchev–Trinajstić information content (AvgIpc) is 2.28. The molecule has 2 rings (SSSR count). The van der Waals surface area contributed by atoms with Crippen LogP contribution in [-0.4, -0.2) is 9.97 Å². The molecule has 88 valence electrons. The first-order valence-corrected chi connectivity index (χ1v) is 6.56. The van der Waals surface area contributed by atoms with Crippen LogP contribution in [0, 0.1) is 17.4 Å². The predicted molar refractivity (Wildman–Crippen MR) is 79.0 cm³/mol. The molecule has 0 saturated heterocycles. The second-order valence-corrected chi connectivity index (χ2v) is 5.16. The number of para-hydroxylation sites is 1. The van der Waals surface area contributed by atoms with Gasteiger partial charge in [-0.05, 0) is 48.6 Å². The minimum atomic E-state index is 0.492. The molecule has 0 radical (unpaired) electrons. The highest BCUT2D eigenvalue weighted by molar-refractivity contribution is 14.1. The number of halogens is 2. The Kier molecular flexibility index (Phi) is 3.83. The van der Waals surface area contributed by atoms with Crippen molar-refractivity contribution in [2.75, 3.05) is 5.32 Å². The lowest BCUT2D eigenvalue weighted by Crippen LogP contribution is -2.02. The quantitative estimate of drug-likeness (QED) is 0.648. The number of hydrogen-bond donors (Lipinski definition) is 1. The first-order valence-electron chi connectivity index (χ1n) is 5.10. The van der Waals surface area contributed by atoms with E-state index in [1.54, 1.807) is 0 Å². The van der Waals surface area contributed by atoms with Gasteiger partial charge in [-0.25, -0.2) is 9.97 Å². The standard InChI is InChI=1S/C12H11ClIN3/c1-7-11(13)15-8(2)16-12(7)17-10-6-4-3-5-9(10)14/h3-6H,1-2H3,(H,15,16,17). The van der Waals surface area contributed by atoms with Crippen LogP contribution in [0.3, 0.4) is 0 Å². The fourth-order valence-electron chi connectivity index (χ4n) is 1.41. The number of nitrogens with one attached hydrogen (secondary N) is 1. The van der Waals surface area contributed by atoms with Gasteiger partial charge in [-0.1, -0.05) is 23.7 Å². The highest BCUT2D eigenvalue weighted by Crippen LogP contribution is 2.25. The molecule has 0 aliphatic heterocycles. The number of rotatable bonds is 2. The lowest BCUT2D eigenvalue weighted by Gasteiger charge is -2.11. The van der Waals surface area contributed by atoms with Crippen LogP contribution in [0.15, 0.2) is 24.3 Å². The van der Waals surface area contributed by atoms with E-state index in [-0.39, 0.29) is 0 Å². The van der Waals surface area contributed by atoms with E-state index >= 15 is 0 Å². The van der Waals surface area contributed by atoms with Gasteiger partial charge in [0.1, 0.15) is 16.8 Å². The molecular weight excluding hydrogens is 349 g/mol. The van der Waals surface area contributed by atoms with Crippen molar-refractivity contribution in [3.8, 4) is 0 Å². The van der Waals surface area contributed by atoms with E-state index in [9.17, 15) is 0 Å². The van der Waals surface area contributed by atoms with Gasteiger partial charge in [-0.15, -0.1) is 0 Å². The number of anilines is 2. The molecule has 5 heteroatoms. The van der Waals surface area contributed by atoms with Crippen LogP contribution >= 0.6 is 34.2 Å². The summed E-state index contributed by atoms with van der Waals surface area (Å²) in [6.07, 6.45) is 0. The number of aromatic nitrogens is 2. The molecule has 0 unspecified atom stereocenters. The smallest absolute Gasteiger partial charge is 0.138 e. The van der Waals surface area contributed by atoms with Gasteiger partial charge >= 0.3 is 0 Å². The Morgan fingerprint density at radius 1 is 1.18 bits per heavy atom. The highest BCUT2D eigenvalue weighted by atomic mass is 127. The molecule has 0 aliphatic rings. The topological polar surface area (TPSA) is 37.8 Å². The predicted octanol–water partition coefficient (Wildman–Crippen LogP) is 4.10. The van der Waals surface area contributed by atoms with Gasteiger partial charge in [-0.3, -0.25) is 0 Å². The van der Waals surface area contributed by atoms with Crippen molar-refractivity contribution in [3.63, 3.8) is 0 Å². The Hall–Kier alpha value is -0.880. The van der Waals surface area contributed by atoms with Crippen molar-refractivity contribution in [1.82, 2.24) is 9.97 Å². The zero-order chi connectivity index (χ0) is 12.4. The molecule has 0 fully saturated rings. The Labute approximate surface area is 119 Å². The Morgan fingerprint density at radius 3 is 2.59 bits per heavy atom. The third-order valence-electron chi connectivity index (χ3n) is 2.33. The van der Waals surface area contributed by atoms with E-state index in [1.165, 1.54) is 0 Å². The van der Waals surface area contributed by atoms with E-state index in [1.807, 2.05) is 38.1 Å². The molecule has 1 heterocycles. The molecule has 1 N–H and O–H groups in total. The van der Waals surface area contributed by atoms with Gasteiger partial charge in [0, 0.05) is 9.13 Å². The molecule has 0 bridgehead atoms. The zero-order valence-electron chi connectivity index (χ0n) is 9.46. The van der Waals surface area contributed by atoms with E-state index in [0.29, 0.717) is 11.0 Å². The van der Waals surface area contributed by atoms with Crippen molar-refractivity contribution < 1.29 is 0 Å². The second-order valence-electron chi connectivity index (χ2n) is 3.64. The van der Waals surface area contributed by atoms with Crippen molar-refractivity contribution in [1.29, 1.82) is 0 Å². The minimum Gasteiger partial charge on any atom is -0.339 e. The molecule has 0 atom stereocenters. The first kappa shape index (κ1) is 12.6. The fraction of sp³-hybridized carbons (Fsp3) is 0.167. The van der Waals surface area contributed by atoms with Crippen LogP contribution in [0.1, 0.15) is 11.4 Å². The molecule has 3 nitrogen and oxygen atoms in total. The molecule has 0 spiro atoms. The zero-order valence-corrected chi connectivity index (χ0v) is 12.4. The van der Waals surface area contributed by atoms with Crippen LogP contribution in [0.25, 0.3) is 0 Å². The van der Waals surface area contributed by atoms with Crippen LogP contribution in [0.2, 0.25) is 5.15 Å². The highest BCUT2D eigenvalue weighted by Gasteiger charge is 2.08. The summed E-state index contributed by atoms with van der Waals surface area (Å²) in [5.74, 6) is 1.42. The van der Waals surface area contributed by atoms with Gasteiger partial charge in [0.2, 0.25) is 0 Å². The van der Waals surface area contributed by atoms with Gasteiger partial charge in [-0.2, -0.15) is 0 Å². The summed E-state index contributed by atoms with van der Waals surface area (Å²) in [6, 6.07) is 8.02. The molecule has 1 aromatic carbocycles. The summed E-state index contributed by atoms with van der Waals surface area (Å²) in [6.45, 7) is 3.73. The summed E-state index contributed by atoms with van der Waals surface area (Å²) in [5, 5.41) is 3.77. The first-order chi connectivity index (χ1) is 8.08. The van der Waals surface area contributed by atoms with Crippen LogP contribution in [0.4, 0.5) is 11.5 Å². The van der Waals surface area contributed by atoms with Gasteiger partial charge in [0.25, 0.3) is 0 Å². The molecule has 1 aromatic heterocycles. The molecule has 0 aliphatic carbocycles. The maximum Gasteiger partial charge on any atom is 0.138 e. The largest absolute Gasteiger partial charge is 0.339 e. The van der Waals surface area contributed by atoms with E-state index in [4.69, 9.17) is 11.6 Å². The number of benzene rings is 1. The summed E-state index contributed by atoms with van der Waals surface area (Å²) in [4.78, 5) is 8.47. The maximum absolute atomic E-state index is 6.03. The Balaban J connectivity index is 2.40. The summed E-state index contributed by atoms with van der Waals surface area (Å²) >= 11 is 8.31. The third kappa shape index (κ3) is 2.87. The van der Waals surface area contributed by atoms with Crippen LogP contribution in [-0.2, 0) is 0 Å². The summed E-state index contributed by atoms with van der Waals surface area (Å²) in [7, 11) is 0. The third-order valence-corrected chi connectivity index (χ3v) is 3.63. The molecular formula is C12H11ClIN3. The monoisotopic (exact) mass is 359 g/mol. The van der Waals surface area contributed by atoms with Crippen molar-refractivity contribution in [2.24, 2.45) is 0 Å². The SMILES string of the molecule is Cc1nc(Cl)c(C)c(Nc2ccccc2I)n1. The Morgan fingerprint density at radius 2 is 1.88 bits per heavy atom. The van der Waals surface area contributed by atoms with Crippen LogP contribution < -0.4 is 5.32 Å². The lowest BCUT2D eigenvalue weighted by molar-refractivity contribution is 1.04. The molecule has 0 saturated carbocycles. The molecule has 17 heavy (non-hydrogen) atoms. The number of hydrogen-bond acceptors (Lipinski definition) is 3. The minimum absolute atomic E-state index is 0.492. The van der Waals surface area contributed by atoms with Gasteiger partial charge in [0.05, 0.1) is 5.69 Å². The van der Waals surface area contributed by atoms with E-state index in [0.717, 1.165) is 20.6 Å². The normalized spacial score (nSPS) is 10.4. The van der Waals surface area contributed by atoms with Gasteiger partial charge in [0.15, 0.2) is 0 Å². The average molecular weight is 360 g/mol. The molecule has 0 amide bonds. The maximum atomic E-state index is 6.03. The van der Waals surface area contributed by atoms with Crippen LogP contribution in [0.5, 0.6) is 0 Å². The summed E-state index contributed by atoms with van der Waals surface area (Å²) < 4.78 is 1.14. The van der Waals surface area contributed by atoms with E-state index < -0.39 is 0 Å². The van der Waals surface area contributed by atoms with Crippen molar-refractivity contribution in [3.05, 3.63) is 44.4 Å². The van der Waals surface area contributed by atoms with Crippen molar-refractivity contribution >= 4 is 45.7 Å². The fourth-order valence-corrected chi connectivity index (χ4v) is 2.14. The van der Waals surface area contributed by atoms with Crippen molar-refractivity contribution in [2.45, 2.75) is 13.8 Å². The van der Waals surface area contributed by atoms with E-state index in [2.05, 4.69) is 37.9 Å². The molecule has 2 aromatic rings. The lowest BCUT2D eigenvalue weighted by atomic mass is 10.3. The Bertz CT molecular complexity index is 557.